The Kier molecular flexibility index (Phi) is 7.88. The maximum absolute atomic E-state index is 14.5. The van der Waals surface area contributed by atoms with Crippen LogP contribution in [-0.4, -0.2) is 104 Å². The molecule has 0 aromatic heterocycles. The number of nitrogens with zero attached hydrogens (tertiary/aromatic N) is 4. The highest BCUT2D eigenvalue weighted by atomic mass is 32.2. The van der Waals surface area contributed by atoms with Crippen LogP contribution in [0.2, 0.25) is 0 Å². The molecular weight excluding hydrogens is 572 g/mol. The van der Waals surface area contributed by atoms with Crippen LogP contribution >= 0.6 is 0 Å². The van der Waals surface area contributed by atoms with Gasteiger partial charge in [-0.05, 0) is 49.6 Å². The van der Waals surface area contributed by atoms with E-state index in [1.165, 1.54) is 33.5 Å². The van der Waals surface area contributed by atoms with Gasteiger partial charge in [-0.3, -0.25) is 19.3 Å². The molecule has 2 aromatic carbocycles. The average molecular weight is 609 g/mol. The zero-order valence-corrected chi connectivity index (χ0v) is 25.0. The van der Waals surface area contributed by atoms with Crippen molar-refractivity contribution < 1.29 is 32.6 Å². The van der Waals surface area contributed by atoms with Gasteiger partial charge in [-0.25, -0.2) is 8.42 Å². The van der Waals surface area contributed by atoms with Crippen LogP contribution in [0.5, 0.6) is 0 Å². The van der Waals surface area contributed by atoms with Crippen LogP contribution in [0.1, 0.15) is 37.3 Å². The van der Waals surface area contributed by atoms with Gasteiger partial charge in [0.05, 0.1) is 29.4 Å². The molecule has 228 valence electrons. The van der Waals surface area contributed by atoms with Crippen LogP contribution < -0.4 is 4.90 Å². The third-order valence-corrected chi connectivity index (χ3v) is 10.7. The Balaban J connectivity index is 1.47. The van der Waals surface area contributed by atoms with Gasteiger partial charge in [-0.15, -0.1) is 0 Å². The van der Waals surface area contributed by atoms with Crippen molar-refractivity contribution in [2.45, 2.75) is 36.6 Å². The Morgan fingerprint density at radius 1 is 0.907 bits per heavy atom. The Hall–Kier alpha value is -3.58. The summed E-state index contributed by atoms with van der Waals surface area (Å²) in [6, 6.07) is 12.7. The Bertz CT molecular complexity index is 1580. The lowest BCUT2D eigenvalue weighted by Gasteiger charge is -2.36. The van der Waals surface area contributed by atoms with Gasteiger partial charge in [0.1, 0.15) is 5.76 Å². The molecule has 4 aliphatic heterocycles. The van der Waals surface area contributed by atoms with Crippen LogP contribution in [0.25, 0.3) is 5.76 Å². The lowest BCUT2D eigenvalue weighted by Crippen LogP contribution is -2.54. The van der Waals surface area contributed by atoms with Crippen LogP contribution in [-0.2, 0) is 34.7 Å². The first-order valence-corrected chi connectivity index (χ1v) is 16.3. The van der Waals surface area contributed by atoms with Gasteiger partial charge in [0.2, 0.25) is 10.0 Å². The number of para-hydroxylation sites is 1. The smallest absolute Gasteiger partial charge is 0.296 e. The summed E-state index contributed by atoms with van der Waals surface area (Å²) in [6.07, 6.45) is 2.24. The van der Waals surface area contributed by atoms with Gasteiger partial charge >= 0.3 is 0 Å². The van der Waals surface area contributed by atoms with Crippen molar-refractivity contribution in [3.8, 4) is 0 Å². The molecule has 0 aliphatic carbocycles. The number of hydrogen-bond acceptors (Lipinski definition) is 8. The van der Waals surface area contributed by atoms with Gasteiger partial charge < -0.3 is 19.6 Å². The largest absolute Gasteiger partial charge is 0.507 e. The molecule has 2 amide bonds. The van der Waals surface area contributed by atoms with E-state index in [1.807, 2.05) is 6.92 Å². The molecule has 4 aliphatic rings. The molecule has 3 fully saturated rings. The molecule has 12 heteroatoms. The van der Waals surface area contributed by atoms with Gasteiger partial charge in [-0.1, -0.05) is 25.1 Å². The lowest BCUT2D eigenvalue weighted by molar-refractivity contribution is -0.144. The van der Waals surface area contributed by atoms with Crippen LogP contribution in [0.4, 0.5) is 5.69 Å². The van der Waals surface area contributed by atoms with E-state index in [4.69, 9.17) is 4.74 Å². The molecule has 1 atom stereocenters. The molecule has 1 N–H and O–H groups in total. The number of likely N-dealkylation sites (tertiary alicyclic amines) is 1. The summed E-state index contributed by atoms with van der Waals surface area (Å²) in [5, 5.41) is 11.8. The highest BCUT2D eigenvalue weighted by Crippen LogP contribution is 2.53. The number of ether oxygens (including phenoxy) is 1. The molecule has 0 saturated carbocycles. The standard InChI is InChI=1S/C31H36N4O7S/c1-2-13-34-25-8-4-3-7-24(25)31(30(34)39)26(28(37)29(38)35(31)17-16-32-18-20-42-21-19-32)27(36)22-9-11-23(12-10-22)43(40,41)33-14-5-6-15-33/h3-4,7-12,36H,2,5-6,13-21H2,1H3/b27-26+. The average Bonchev–Trinajstić information content (AvgIpc) is 3.71. The number of morpholine rings is 1. The van der Waals surface area contributed by atoms with Gasteiger partial charge in [-0.2, -0.15) is 4.31 Å². The number of carbonyl (C=O) groups is 3. The topological polar surface area (TPSA) is 128 Å². The number of benzene rings is 2. The molecule has 11 nitrogen and oxygen atoms in total. The van der Waals surface area contributed by atoms with Gasteiger partial charge in [0.15, 0.2) is 5.54 Å². The number of hydrogen-bond donors (Lipinski definition) is 1. The molecule has 2 aromatic rings. The minimum atomic E-state index is -3.70. The number of carbonyl (C=O) groups excluding carboxylic acids is 3. The third kappa shape index (κ3) is 4.67. The molecule has 1 spiro atoms. The fraction of sp³-hybridized carbons (Fsp3) is 0.452. The van der Waals surface area contributed by atoms with E-state index in [0.717, 1.165) is 12.8 Å². The lowest BCUT2D eigenvalue weighted by atomic mass is 9.82. The first-order chi connectivity index (χ1) is 20.7. The summed E-state index contributed by atoms with van der Waals surface area (Å²) in [5.41, 5.74) is -0.956. The van der Waals surface area contributed by atoms with Crippen LogP contribution in [0.3, 0.4) is 0 Å². The fourth-order valence-corrected chi connectivity index (χ4v) is 8.20. The zero-order valence-electron chi connectivity index (χ0n) is 24.2. The van der Waals surface area contributed by atoms with Crippen molar-refractivity contribution in [3.05, 3.63) is 65.2 Å². The SMILES string of the molecule is CCCN1C(=O)C2(/C(=C(/O)c3ccc(S(=O)(=O)N4CCCC4)cc3)C(=O)C(=O)N2CCN2CCOCC2)c2ccccc21. The highest BCUT2D eigenvalue weighted by Gasteiger charge is 2.67. The van der Waals surface area contributed by atoms with E-state index < -0.39 is 38.9 Å². The maximum atomic E-state index is 14.5. The van der Waals surface area contributed by atoms with E-state index >= 15 is 0 Å². The number of Topliss-reactive ketones (excluding diaryl/α,β-unsaturated/α-hetero) is 1. The number of anilines is 1. The molecule has 3 saturated heterocycles. The quantitative estimate of drug-likeness (QED) is 0.274. The van der Waals surface area contributed by atoms with E-state index in [-0.39, 0.29) is 22.6 Å². The van der Waals surface area contributed by atoms with Crippen molar-refractivity contribution in [1.29, 1.82) is 0 Å². The van der Waals surface area contributed by atoms with Crippen LogP contribution in [0.15, 0.2) is 59.0 Å². The van der Waals surface area contributed by atoms with Crippen molar-refractivity contribution in [2.24, 2.45) is 0 Å². The van der Waals surface area contributed by atoms with Crippen molar-refractivity contribution in [1.82, 2.24) is 14.1 Å². The number of aliphatic hydroxyl groups is 1. The molecule has 0 radical (unpaired) electrons. The molecule has 0 bridgehead atoms. The van der Waals surface area contributed by atoms with Crippen LogP contribution in [0, 0.1) is 0 Å². The van der Waals surface area contributed by atoms with Gasteiger partial charge in [0.25, 0.3) is 17.6 Å². The predicted octanol–water partition coefficient (Wildman–Crippen LogP) is 2.14. The Morgan fingerprint density at radius 3 is 2.26 bits per heavy atom. The second kappa shape index (κ2) is 11.5. The number of aliphatic hydroxyl groups excluding tert-OH is 1. The molecule has 1 unspecified atom stereocenters. The summed E-state index contributed by atoms with van der Waals surface area (Å²) in [5.74, 6) is -2.79. The summed E-state index contributed by atoms with van der Waals surface area (Å²) in [6.45, 7) is 6.16. The van der Waals surface area contributed by atoms with E-state index in [1.54, 1.807) is 29.2 Å². The molecule has 43 heavy (non-hydrogen) atoms. The minimum absolute atomic E-state index is 0.0723. The molecule has 6 rings (SSSR count). The number of amides is 2. The maximum Gasteiger partial charge on any atom is 0.296 e. The van der Waals surface area contributed by atoms with E-state index in [9.17, 15) is 27.9 Å². The van der Waals surface area contributed by atoms with Gasteiger partial charge in [0, 0.05) is 56.9 Å². The van der Waals surface area contributed by atoms with Crippen molar-refractivity contribution in [3.63, 3.8) is 0 Å². The van der Waals surface area contributed by atoms with Crippen molar-refractivity contribution in [2.75, 3.05) is 63.9 Å². The zero-order chi connectivity index (χ0) is 30.4. The predicted molar refractivity (Wildman–Crippen MR) is 159 cm³/mol. The Labute approximate surface area is 251 Å². The minimum Gasteiger partial charge on any atom is -0.507 e. The summed E-state index contributed by atoms with van der Waals surface area (Å²) in [4.78, 5) is 47.2. The van der Waals surface area contributed by atoms with E-state index in [0.29, 0.717) is 70.2 Å². The number of rotatable bonds is 8. The summed E-state index contributed by atoms with van der Waals surface area (Å²) < 4.78 is 33.0. The first kappa shape index (κ1) is 29.5. The second-order valence-electron chi connectivity index (χ2n) is 11.3. The third-order valence-electron chi connectivity index (χ3n) is 8.83. The van der Waals surface area contributed by atoms with Crippen molar-refractivity contribution >= 4 is 39.1 Å². The summed E-state index contributed by atoms with van der Waals surface area (Å²) >= 11 is 0. The normalized spacial score (nSPS) is 24.4. The second-order valence-corrected chi connectivity index (χ2v) is 13.2. The molecule has 4 heterocycles. The monoisotopic (exact) mass is 608 g/mol. The fourth-order valence-electron chi connectivity index (χ4n) is 6.69. The number of fused-ring (bicyclic) bond motifs is 2. The van der Waals surface area contributed by atoms with E-state index in [2.05, 4.69) is 4.90 Å². The first-order valence-electron chi connectivity index (χ1n) is 14.8. The Morgan fingerprint density at radius 2 is 1.58 bits per heavy atom. The number of ketones is 1. The number of sulfonamides is 1. The summed E-state index contributed by atoms with van der Waals surface area (Å²) in [7, 11) is -3.70. The highest BCUT2D eigenvalue weighted by molar-refractivity contribution is 7.89. The molecular formula is C31H36N4O7S.